The van der Waals surface area contributed by atoms with Crippen molar-refractivity contribution in [1.29, 1.82) is 0 Å². The highest BCUT2D eigenvalue weighted by Crippen LogP contribution is 2.19. The summed E-state index contributed by atoms with van der Waals surface area (Å²) in [5.41, 5.74) is 0. The van der Waals surface area contributed by atoms with Crippen LogP contribution in [0.4, 0.5) is 0 Å². The van der Waals surface area contributed by atoms with Gasteiger partial charge in [0, 0.05) is 11.8 Å². The second-order valence-corrected chi connectivity index (χ2v) is 4.05. The van der Waals surface area contributed by atoms with Gasteiger partial charge in [-0.3, -0.25) is 0 Å². The molecule has 0 rings (SSSR count). The molecule has 94 valence electrons. The molecule has 0 amide bonds. The number of hydrogen-bond donors (Lipinski definition) is 0. The molecule has 17 heavy (non-hydrogen) atoms. The van der Waals surface area contributed by atoms with Crippen LogP contribution >= 0.6 is 0 Å². The minimum atomic E-state index is 0.395. The van der Waals surface area contributed by atoms with Gasteiger partial charge in [-0.1, -0.05) is 55.5 Å². The molecule has 0 aliphatic carbocycles. The summed E-state index contributed by atoms with van der Waals surface area (Å²) >= 11 is 0. The zero-order chi connectivity index (χ0) is 12.9. The summed E-state index contributed by atoms with van der Waals surface area (Å²) in [6.45, 7) is 11.9. The van der Waals surface area contributed by atoms with Crippen LogP contribution in [-0.2, 0) is 0 Å². The van der Waals surface area contributed by atoms with Gasteiger partial charge in [-0.15, -0.1) is 13.2 Å². The maximum absolute atomic E-state index is 3.93. The minimum Gasteiger partial charge on any atom is -0.103 e. The number of rotatable bonds is 9. The lowest BCUT2D eigenvalue weighted by Crippen LogP contribution is -2.04. The molecule has 2 unspecified atom stereocenters. The van der Waals surface area contributed by atoms with E-state index in [1.165, 1.54) is 0 Å². The van der Waals surface area contributed by atoms with Crippen molar-refractivity contribution in [3.63, 3.8) is 0 Å². The van der Waals surface area contributed by atoms with E-state index in [1.54, 1.807) is 0 Å². The Balaban J connectivity index is 4.56. The molecule has 0 saturated heterocycles. The van der Waals surface area contributed by atoms with Gasteiger partial charge in [0.05, 0.1) is 0 Å². The third-order valence-corrected chi connectivity index (χ3v) is 2.62. The van der Waals surface area contributed by atoms with Gasteiger partial charge in [0.2, 0.25) is 0 Å². The van der Waals surface area contributed by atoms with Crippen LogP contribution in [0.5, 0.6) is 0 Å². The summed E-state index contributed by atoms with van der Waals surface area (Å²) in [4.78, 5) is 0. The fourth-order valence-corrected chi connectivity index (χ4v) is 1.67. The highest BCUT2D eigenvalue weighted by molar-refractivity contribution is 5.12. The van der Waals surface area contributed by atoms with Gasteiger partial charge in [-0.25, -0.2) is 0 Å². The fourth-order valence-electron chi connectivity index (χ4n) is 1.67. The smallest absolute Gasteiger partial charge is 0.00439 e. The first kappa shape index (κ1) is 15.7. The Hall–Kier alpha value is -1.30. The summed E-state index contributed by atoms with van der Waals surface area (Å²) < 4.78 is 0. The molecule has 0 aromatic heterocycles. The Morgan fingerprint density at radius 3 is 2.18 bits per heavy atom. The van der Waals surface area contributed by atoms with Gasteiger partial charge in [0.25, 0.3) is 0 Å². The normalized spacial score (nSPS) is 15.6. The number of unbranched alkanes of at least 4 members (excludes halogenated alkanes) is 1. The van der Waals surface area contributed by atoms with E-state index >= 15 is 0 Å². The van der Waals surface area contributed by atoms with Crippen molar-refractivity contribution in [3.05, 3.63) is 61.8 Å². The predicted molar refractivity (Wildman–Crippen MR) is 80.0 cm³/mol. The summed E-state index contributed by atoms with van der Waals surface area (Å²) in [6, 6.07) is 0. The van der Waals surface area contributed by atoms with Crippen LogP contribution in [0.25, 0.3) is 0 Å². The zero-order valence-electron chi connectivity index (χ0n) is 11.3. The fraction of sp³-hybridized carbons (Fsp3) is 0.412. The molecule has 2 atom stereocenters. The maximum Gasteiger partial charge on any atom is 0.00439 e. The molecule has 0 heteroatoms. The SMILES string of the molecule is C=CCC/C=C\C(/C=C\C)C(C=C)/C=C\CC. The molecule has 0 spiro atoms. The van der Waals surface area contributed by atoms with E-state index in [1.807, 2.05) is 12.2 Å². The van der Waals surface area contributed by atoms with E-state index < -0.39 is 0 Å². The molecular weight excluding hydrogens is 204 g/mol. The molecule has 0 bridgehead atoms. The predicted octanol–water partition coefficient (Wildman–Crippen LogP) is 5.47. The van der Waals surface area contributed by atoms with Gasteiger partial charge in [-0.05, 0) is 26.2 Å². The van der Waals surface area contributed by atoms with Crippen molar-refractivity contribution in [2.45, 2.75) is 33.1 Å². The molecule has 0 aromatic carbocycles. The van der Waals surface area contributed by atoms with Crippen LogP contribution in [0.3, 0.4) is 0 Å². The first-order valence-electron chi connectivity index (χ1n) is 6.49. The average Bonchev–Trinajstić information content (AvgIpc) is 2.35. The van der Waals surface area contributed by atoms with Gasteiger partial charge < -0.3 is 0 Å². The van der Waals surface area contributed by atoms with E-state index in [2.05, 4.69) is 63.5 Å². The molecule has 0 aliphatic heterocycles. The Kier molecular flexibility index (Phi) is 10.3. The van der Waals surface area contributed by atoms with Gasteiger partial charge in [0.1, 0.15) is 0 Å². The molecular formula is C17H26. The molecule has 0 radical (unpaired) electrons. The molecule has 0 aromatic rings. The first-order valence-corrected chi connectivity index (χ1v) is 6.49. The molecule has 0 fully saturated rings. The van der Waals surface area contributed by atoms with Crippen LogP contribution in [-0.4, -0.2) is 0 Å². The summed E-state index contributed by atoms with van der Waals surface area (Å²) in [5.74, 6) is 0.816. The maximum atomic E-state index is 3.93. The summed E-state index contributed by atoms with van der Waals surface area (Å²) in [6.07, 6.45) is 20.5. The van der Waals surface area contributed by atoms with E-state index in [4.69, 9.17) is 0 Å². The van der Waals surface area contributed by atoms with Crippen molar-refractivity contribution in [3.8, 4) is 0 Å². The molecule has 0 heterocycles. The first-order chi connectivity index (χ1) is 8.29. The lowest BCUT2D eigenvalue weighted by atomic mass is 9.90. The molecule has 0 nitrogen and oxygen atoms in total. The second kappa shape index (κ2) is 11.2. The second-order valence-electron chi connectivity index (χ2n) is 4.05. The van der Waals surface area contributed by atoms with Crippen LogP contribution in [0.2, 0.25) is 0 Å². The summed E-state index contributed by atoms with van der Waals surface area (Å²) in [7, 11) is 0. The number of hydrogen-bond acceptors (Lipinski definition) is 0. The Bertz CT molecular complexity index is 278. The topological polar surface area (TPSA) is 0 Å². The zero-order valence-corrected chi connectivity index (χ0v) is 11.3. The third-order valence-electron chi connectivity index (χ3n) is 2.62. The molecule has 0 aliphatic rings. The van der Waals surface area contributed by atoms with Crippen LogP contribution in [0.15, 0.2) is 61.8 Å². The third kappa shape index (κ3) is 7.57. The highest BCUT2D eigenvalue weighted by atomic mass is 14.1. The van der Waals surface area contributed by atoms with Gasteiger partial charge in [-0.2, -0.15) is 0 Å². The van der Waals surface area contributed by atoms with E-state index in [0.717, 1.165) is 19.3 Å². The van der Waals surface area contributed by atoms with Gasteiger partial charge >= 0.3 is 0 Å². The number of allylic oxidation sites excluding steroid dienone is 8. The monoisotopic (exact) mass is 230 g/mol. The lowest BCUT2D eigenvalue weighted by molar-refractivity contribution is 0.671. The van der Waals surface area contributed by atoms with Gasteiger partial charge in [0.15, 0.2) is 0 Å². The summed E-state index contributed by atoms with van der Waals surface area (Å²) in [5, 5.41) is 0. The van der Waals surface area contributed by atoms with E-state index in [0.29, 0.717) is 11.8 Å². The van der Waals surface area contributed by atoms with Crippen LogP contribution < -0.4 is 0 Å². The van der Waals surface area contributed by atoms with E-state index in [9.17, 15) is 0 Å². The lowest BCUT2D eigenvalue weighted by Gasteiger charge is -2.14. The van der Waals surface area contributed by atoms with Crippen molar-refractivity contribution < 1.29 is 0 Å². The van der Waals surface area contributed by atoms with Crippen molar-refractivity contribution in [1.82, 2.24) is 0 Å². The average molecular weight is 230 g/mol. The van der Waals surface area contributed by atoms with Crippen molar-refractivity contribution in [2.75, 3.05) is 0 Å². The highest BCUT2D eigenvalue weighted by Gasteiger charge is 2.08. The van der Waals surface area contributed by atoms with E-state index in [-0.39, 0.29) is 0 Å². The van der Waals surface area contributed by atoms with Crippen LogP contribution in [0, 0.1) is 11.8 Å². The standard InChI is InChI=1S/C17H26/c1-5-9-11-12-15-17(13-7-3)16(8-4)14-10-6-2/h5,7-8,10,12-17H,1,4,6,9,11H2,2-3H3/b13-7-,14-10-,15-12-. The quantitative estimate of drug-likeness (QED) is 0.364. The Morgan fingerprint density at radius 1 is 0.941 bits per heavy atom. The Morgan fingerprint density at radius 2 is 1.65 bits per heavy atom. The minimum absolute atomic E-state index is 0.395. The van der Waals surface area contributed by atoms with Crippen molar-refractivity contribution >= 4 is 0 Å². The largest absolute Gasteiger partial charge is 0.103 e. The van der Waals surface area contributed by atoms with Crippen molar-refractivity contribution in [2.24, 2.45) is 11.8 Å². The van der Waals surface area contributed by atoms with Crippen LogP contribution in [0.1, 0.15) is 33.1 Å². The Labute approximate surface area is 107 Å². The molecule has 0 saturated carbocycles. The molecule has 0 N–H and O–H groups in total.